The summed E-state index contributed by atoms with van der Waals surface area (Å²) in [6.45, 7) is 8.57. The molecule has 4 nitrogen and oxygen atoms in total. The monoisotopic (exact) mass is 473 g/mol. The molecule has 31 heavy (non-hydrogen) atoms. The number of halogens is 2. The Kier molecular flexibility index (Phi) is 6.68. The van der Waals surface area contributed by atoms with Gasteiger partial charge in [0.05, 0.1) is 26.3 Å². The van der Waals surface area contributed by atoms with E-state index in [9.17, 15) is 4.21 Å². The number of pyridine rings is 1. The first-order valence-corrected chi connectivity index (χ1v) is 12.2. The lowest BCUT2D eigenvalue weighted by Gasteiger charge is -2.34. The minimum atomic E-state index is -1.26. The van der Waals surface area contributed by atoms with Gasteiger partial charge in [-0.3, -0.25) is 0 Å². The second-order valence-electron chi connectivity index (χ2n) is 7.78. The van der Waals surface area contributed by atoms with Gasteiger partial charge in [0.2, 0.25) is 0 Å². The van der Waals surface area contributed by atoms with E-state index >= 15 is 0 Å². The van der Waals surface area contributed by atoms with Gasteiger partial charge < -0.3 is 10.2 Å². The smallest absolute Gasteiger partial charge is 0.155 e. The summed E-state index contributed by atoms with van der Waals surface area (Å²) in [5.74, 6) is 0. The van der Waals surface area contributed by atoms with Crippen LogP contribution in [0.3, 0.4) is 0 Å². The SMILES string of the molecule is Cc1ccc2c(c1C)N(CCCNCc1ccc(Cl)c(Cl)c1C)c1cccnc1S2=O. The van der Waals surface area contributed by atoms with E-state index in [1.165, 1.54) is 11.1 Å². The Morgan fingerprint density at radius 1 is 1.06 bits per heavy atom. The van der Waals surface area contributed by atoms with E-state index in [4.69, 9.17) is 23.2 Å². The van der Waals surface area contributed by atoms with Gasteiger partial charge in [-0.25, -0.2) is 9.19 Å². The van der Waals surface area contributed by atoms with E-state index in [1.807, 2.05) is 43.3 Å². The molecule has 7 heteroatoms. The highest BCUT2D eigenvalue weighted by atomic mass is 35.5. The predicted molar refractivity (Wildman–Crippen MR) is 129 cm³/mol. The van der Waals surface area contributed by atoms with Gasteiger partial charge in [0.15, 0.2) is 5.03 Å². The molecule has 162 valence electrons. The number of hydrogen-bond acceptors (Lipinski definition) is 4. The molecule has 3 aromatic rings. The molecule has 0 fully saturated rings. The number of anilines is 2. The number of aromatic nitrogens is 1. The van der Waals surface area contributed by atoms with Crippen LogP contribution in [0.15, 0.2) is 52.5 Å². The summed E-state index contributed by atoms with van der Waals surface area (Å²) >= 11 is 12.4. The average Bonchev–Trinajstić information content (AvgIpc) is 2.77. The van der Waals surface area contributed by atoms with Crippen LogP contribution in [0.1, 0.15) is 28.7 Å². The highest BCUT2D eigenvalue weighted by Gasteiger charge is 2.30. The molecule has 0 saturated carbocycles. The molecule has 0 radical (unpaired) electrons. The molecule has 0 aliphatic carbocycles. The molecule has 0 saturated heterocycles. The van der Waals surface area contributed by atoms with Crippen LogP contribution in [0.25, 0.3) is 0 Å². The number of nitrogens with zero attached hydrogens (tertiary/aromatic N) is 2. The molecule has 0 amide bonds. The maximum Gasteiger partial charge on any atom is 0.155 e. The Bertz CT molecular complexity index is 1170. The number of hydrogen-bond donors (Lipinski definition) is 1. The Labute approximate surface area is 196 Å². The molecule has 1 aromatic heterocycles. The Balaban J connectivity index is 1.49. The lowest BCUT2D eigenvalue weighted by atomic mass is 10.1. The number of nitrogens with one attached hydrogen (secondary N) is 1. The van der Waals surface area contributed by atoms with Crippen molar-refractivity contribution in [3.05, 3.63) is 74.9 Å². The zero-order valence-corrected chi connectivity index (χ0v) is 20.2. The summed E-state index contributed by atoms with van der Waals surface area (Å²) in [6, 6.07) is 11.8. The third kappa shape index (κ3) is 4.24. The van der Waals surface area contributed by atoms with Crippen LogP contribution in [0, 0.1) is 20.8 Å². The van der Waals surface area contributed by atoms with Crippen LogP contribution in [-0.4, -0.2) is 22.3 Å². The van der Waals surface area contributed by atoms with Gasteiger partial charge in [0, 0.05) is 19.3 Å². The van der Waals surface area contributed by atoms with E-state index in [0.717, 1.165) is 53.5 Å². The van der Waals surface area contributed by atoms with Gasteiger partial charge in [-0.2, -0.15) is 0 Å². The lowest BCUT2D eigenvalue weighted by molar-refractivity contribution is 0.644. The normalized spacial score (nSPS) is 15.0. The van der Waals surface area contributed by atoms with E-state index in [-0.39, 0.29) is 0 Å². The van der Waals surface area contributed by atoms with Crippen LogP contribution < -0.4 is 10.2 Å². The minimum Gasteiger partial charge on any atom is -0.338 e. The quantitative estimate of drug-likeness (QED) is 0.438. The molecule has 0 spiro atoms. The number of aryl methyl sites for hydroxylation is 1. The highest BCUT2D eigenvalue weighted by molar-refractivity contribution is 7.85. The van der Waals surface area contributed by atoms with Crippen molar-refractivity contribution in [1.29, 1.82) is 0 Å². The van der Waals surface area contributed by atoms with E-state index in [1.54, 1.807) is 6.20 Å². The summed E-state index contributed by atoms with van der Waals surface area (Å²) in [5, 5.41) is 5.35. The fourth-order valence-corrected chi connectivity index (χ4v) is 5.67. The van der Waals surface area contributed by atoms with Gasteiger partial charge in [-0.1, -0.05) is 35.3 Å². The van der Waals surface area contributed by atoms with Crippen molar-refractivity contribution >= 4 is 45.4 Å². The number of rotatable bonds is 6. The zero-order chi connectivity index (χ0) is 22.1. The third-order valence-corrected chi connectivity index (χ3v) is 8.15. The molecule has 1 unspecified atom stereocenters. The fourth-order valence-electron chi connectivity index (χ4n) is 3.92. The van der Waals surface area contributed by atoms with Crippen LogP contribution in [0.2, 0.25) is 10.0 Å². The van der Waals surface area contributed by atoms with Crippen molar-refractivity contribution in [2.24, 2.45) is 0 Å². The van der Waals surface area contributed by atoms with Gasteiger partial charge in [-0.05, 0) is 80.3 Å². The largest absolute Gasteiger partial charge is 0.338 e. The molecule has 1 atom stereocenters. The average molecular weight is 474 g/mol. The second-order valence-corrected chi connectivity index (χ2v) is 9.93. The van der Waals surface area contributed by atoms with Gasteiger partial charge in [0.1, 0.15) is 10.8 Å². The van der Waals surface area contributed by atoms with Crippen LogP contribution in [0.4, 0.5) is 11.4 Å². The fraction of sp³-hybridized carbons (Fsp3) is 0.292. The van der Waals surface area contributed by atoms with Gasteiger partial charge >= 0.3 is 0 Å². The molecular formula is C24H25Cl2N3OS. The molecule has 1 aliphatic rings. The van der Waals surface area contributed by atoms with Gasteiger partial charge in [0.25, 0.3) is 0 Å². The molecular weight excluding hydrogens is 449 g/mol. The Hall–Kier alpha value is -1.92. The standard InChI is InChI=1S/C24H25Cl2N3OS/c1-15-7-10-21-23(16(15)2)29(20-6-4-12-28-24(20)31(21)30)13-5-11-27-14-18-8-9-19(25)22(26)17(18)3/h4,6-10,12,27H,5,11,13-14H2,1-3H3. The molecule has 1 N–H and O–H groups in total. The van der Waals surface area contributed by atoms with Crippen molar-refractivity contribution in [1.82, 2.24) is 10.3 Å². The number of benzene rings is 2. The first-order valence-electron chi connectivity index (χ1n) is 10.3. The first-order chi connectivity index (χ1) is 14.9. The van der Waals surface area contributed by atoms with Crippen LogP contribution in [-0.2, 0) is 17.3 Å². The molecule has 2 heterocycles. The van der Waals surface area contributed by atoms with E-state index in [0.29, 0.717) is 15.1 Å². The van der Waals surface area contributed by atoms with Crippen molar-refractivity contribution in [2.75, 3.05) is 18.0 Å². The molecule has 0 bridgehead atoms. The minimum absolute atomic E-state index is 0.585. The van der Waals surface area contributed by atoms with Crippen LogP contribution >= 0.6 is 23.2 Å². The maximum atomic E-state index is 13.1. The molecule has 4 rings (SSSR count). The molecule has 2 aromatic carbocycles. The number of fused-ring (bicyclic) bond motifs is 2. The molecule has 1 aliphatic heterocycles. The predicted octanol–water partition coefficient (Wildman–Crippen LogP) is 6.11. The second kappa shape index (κ2) is 9.29. The summed E-state index contributed by atoms with van der Waals surface area (Å²) < 4.78 is 13.1. The third-order valence-electron chi connectivity index (χ3n) is 5.85. The maximum absolute atomic E-state index is 13.1. The van der Waals surface area contributed by atoms with Crippen molar-refractivity contribution in [2.45, 2.75) is 43.7 Å². The Morgan fingerprint density at radius 3 is 2.68 bits per heavy atom. The lowest BCUT2D eigenvalue weighted by Crippen LogP contribution is -2.29. The van der Waals surface area contributed by atoms with Crippen molar-refractivity contribution in [3.8, 4) is 0 Å². The van der Waals surface area contributed by atoms with Gasteiger partial charge in [-0.15, -0.1) is 0 Å². The van der Waals surface area contributed by atoms with Crippen molar-refractivity contribution in [3.63, 3.8) is 0 Å². The van der Waals surface area contributed by atoms with E-state index < -0.39 is 10.8 Å². The van der Waals surface area contributed by atoms with E-state index in [2.05, 4.69) is 29.0 Å². The van der Waals surface area contributed by atoms with Crippen LogP contribution in [0.5, 0.6) is 0 Å². The zero-order valence-electron chi connectivity index (χ0n) is 17.8. The summed E-state index contributed by atoms with van der Waals surface area (Å²) in [7, 11) is -1.26. The highest BCUT2D eigenvalue weighted by Crippen LogP contribution is 2.43. The summed E-state index contributed by atoms with van der Waals surface area (Å²) in [6.07, 6.45) is 2.64. The first kappa shape index (κ1) is 22.3. The summed E-state index contributed by atoms with van der Waals surface area (Å²) in [4.78, 5) is 7.54. The summed E-state index contributed by atoms with van der Waals surface area (Å²) in [5.41, 5.74) is 6.51. The van der Waals surface area contributed by atoms with Crippen molar-refractivity contribution < 1.29 is 4.21 Å². The Morgan fingerprint density at radius 2 is 1.87 bits per heavy atom. The topological polar surface area (TPSA) is 45.2 Å².